The van der Waals surface area contributed by atoms with Crippen LogP contribution < -0.4 is 10.3 Å². The van der Waals surface area contributed by atoms with E-state index in [2.05, 4.69) is 4.98 Å². The predicted octanol–water partition coefficient (Wildman–Crippen LogP) is 5.14. The Morgan fingerprint density at radius 1 is 0.833 bits per heavy atom. The third-order valence-corrected chi connectivity index (χ3v) is 4.82. The van der Waals surface area contributed by atoms with Crippen LogP contribution in [0.3, 0.4) is 0 Å². The Kier molecular flexibility index (Phi) is 5.85. The average molecular weight is 394 g/mol. The van der Waals surface area contributed by atoms with Crippen LogP contribution in [0.1, 0.15) is 16.8 Å². The van der Waals surface area contributed by atoms with Gasteiger partial charge >= 0.3 is 5.56 Å². The standard InChI is InChI=1S/C26H22N2O2/c1-30-25-26(29)28(19-21-13-7-3-8-14-21)24(22-15-9-4-10-16-22)23(27-25)18-17-20-11-5-2-6-12-20/h2-18H,19H2,1H3/b18-17+. The maximum atomic E-state index is 13.2. The number of aromatic nitrogens is 2. The van der Waals surface area contributed by atoms with Crippen LogP contribution in [0, 0.1) is 0 Å². The zero-order valence-corrected chi connectivity index (χ0v) is 16.7. The highest BCUT2D eigenvalue weighted by Crippen LogP contribution is 2.25. The highest BCUT2D eigenvalue weighted by atomic mass is 16.5. The van der Waals surface area contributed by atoms with E-state index in [1.807, 2.05) is 103 Å². The number of nitrogens with zero attached hydrogens (tertiary/aromatic N) is 2. The lowest BCUT2D eigenvalue weighted by Crippen LogP contribution is -2.26. The Balaban J connectivity index is 1.93. The van der Waals surface area contributed by atoms with Gasteiger partial charge in [-0.1, -0.05) is 97.1 Å². The summed E-state index contributed by atoms with van der Waals surface area (Å²) in [5, 5.41) is 0. The average Bonchev–Trinajstić information content (AvgIpc) is 2.81. The first-order valence-electron chi connectivity index (χ1n) is 9.77. The Bertz CT molecular complexity index is 1200. The Morgan fingerprint density at radius 2 is 1.43 bits per heavy atom. The molecule has 0 saturated carbocycles. The van der Waals surface area contributed by atoms with Crippen molar-refractivity contribution in [1.29, 1.82) is 0 Å². The van der Waals surface area contributed by atoms with Crippen molar-refractivity contribution in [2.45, 2.75) is 6.54 Å². The van der Waals surface area contributed by atoms with Crippen LogP contribution in [0.2, 0.25) is 0 Å². The number of benzene rings is 3. The molecule has 4 nitrogen and oxygen atoms in total. The summed E-state index contributed by atoms with van der Waals surface area (Å²) < 4.78 is 7.07. The second kappa shape index (κ2) is 9.05. The van der Waals surface area contributed by atoms with Crippen molar-refractivity contribution in [3.63, 3.8) is 0 Å². The van der Waals surface area contributed by atoms with Gasteiger partial charge in [-0.3, -0.25) is 9.36 Å². The van der Waals surface area contributed by atoms with Crippen LogP contribution in [0.25, 0.3) is 23.4 Å². The quantitative estimate of drug-likeness (QED) is 0.455. The first kappa shape index (κ1) is 19.4. The van der Waals surface area contributed by atoms with Gasteiger partial charge in [0.1, 0.15) is 0 Å². The summed E-state index contributed by atoms with van der Waals surface area (Å²) in [6.45, 7) is 0.426. The summed E-state index contributed by atoms with van der Waals surface area (Å²) in [6, 6.07) is 29.8. The minimum atomic E-state index is -0.253. The van der Waals surface area contributed by atoms with Crippen LogP contribution in [0.15, 0.2) is 95.8 Å². The van der Waals surface area contributed by atoms with Crippen LogP contribution in [0.5, 0.6) is 5.88 Å². The predicted molar refractivity (Wildman–Crippen MR) is 121 cm³/mol. The summed E-state index contributed by atoms with van der Waals surface area (Å²) in [6.07, 6.45) is 3.92. The van der Waals surface area contributed by atoms with Crippen LogP contribution >= 0.6 is 0 Å². The number of rotatable bonds is 6. The van der Waals surface area contributed by atoms with Gasteiger partial charge < -0.3 is 4.74 Å². The molecule has 0 aliphatic heterocycles. The molecule has 0 fully saturated rings. The Labute approximate surface area is 175 Å². The van der Waals surface area contributed by atoms with Crippen molar-refractivity contribution < 1.29 is 4.74 Å². The van der Waals surface area contributed by atoms with Crippen molar-refractivity contribution in [1.82, 2.24) is 9.55 Å². The molecule has 3 aromatic carbocycles. The number of methoxy groups -OCH3 is 1. The van der Waals surface area contributed by atoms with Crippen molar-refractivity contribution in [2.24, 2.45) is 0 Å². The first-order valence-corrected chi connectivity index (χ1v) is 9.77. The maximum Gasteiger partial charge on any atom is 0.314 e. The number of hydrogen-bond donors (Lipinski definition) is 0. The van der Waals surface area contributed by atoms with Gasteiger partial charge in [0, 0.05) is 5.56 Å². The van der Waals surface area contributed by atoms with E-state index in [0.29, 0.717) is 12.2 Å². The van der Waals surface area contributed by atoms with Crippen LogP contribution in [-0.2, 0) is 6.54 Å². The fourth-order valence-electron chi connectivity index (χ4n) is 3.37. The van der Waals surface area contributed by atoms with Crippen LogP contribution in [0.4, 0.5) is 0 Å². The molecule has 1 heterocycles. The number of hydrogen-bond acceptors (Lipinski definition) is 3. The van der Waals surface area contributed by atoms with Gasteiger partial charge in [0.05, 0.1) is 25.0 Å². The maximum absolute atomic E-state index is 13.2. The zero-order valence-electron chi connectivity index (χ0n) is 16.7. The molecule has 0 amide bonds. The second-order valence-corrected chi connectivity index (χ2v) is 6.84. The molecule has 0 atom stereocenters. The molecular formula is C26H22N2O2. The zero-order chi connectivity index (χ0) is 20.8. The summed E-state index contributed by atoms with van der Waals surface area (Å²) in [7, 11) is 1.48. The van der Waals surface area contributed by atoms with E-state index in [9.17, 15) is 4.79 Å². The molecule has 148 valence electrons. The summed E-state index contributed by atoms with van der Waals surface area (Å²) >= 11 is 0. The van der Waals surface area contributed by atoms with Gasteiger partial charge in [0.15, 0.2) is 0 Å². The molecular weight excluding hydrogens is 372 g/mol. The Hall–Kier alpha value is -3.92. The molecule has 0 bridgehead atoms. The van der Waals surface area contributed by atoms with Crippen molar-refractivity contribution in [3.8, 4) is 17.1 Å². The van der Waals surface area contributed by atoms with E-state index >= 15 is 0 Å². The molecule has 0 aliphatic rings. The van der Waals surface area contributed by atoms with E-state index in [-0.39, 0.29) is 11.4 Å². The highest BCUT2D eigenvalue weighted by Gasteiger charge is 2.17. The lowest BCUT2D eigenvalue weighted by atomic mass is 10.1. The first-order chi connectivity index (χ1) is 14.8. The monoisotopic (exact) mass is 394 g/mol. The molecule has 0 spiro atoms. The second-order valence-electron chi connectivity index (χ2n) is 6.84. The van der Waals surface area contributed by atoms with E-state index in [0.717, 1.165) is 22.4 Å². The third-order valence-electron chi connectivity index (χ3n) is 4.82. The van der Waals surface area contributed by atoms with Crippen molar-refractivity contribution >= 4 is 12.2 Å². The summed E-state index contributed by atoms with van der Waals surface area (Å²) in [4.78, 5) is 17.7. The molecule has 0 unspecified atom stereocenters. The normalized spacial score (nSPS) is 11.0. The third kappa shape index (κ3) is 4.23. The molecule has 0 saturated heterocycles. The molecule has 4 heteroatoms. The smallest absolute Gasteiger partial charge is 0.314 e. The molecule has 4 aromatic rings. The number of ether oxygens (including phenoxy) is 1. The largest absolute Gasteiger partial charge is 0.477 e. The molecule has 0 N–H and O–H groups in total. The SMILES string of the molecule is COc1nc(/C=C/c2ccccc2)c(-c2ccccc2)n(Cc2ccccc2)c1=O. The van der Waals surface area contributed by atoms with Crippen molar-refractivity contribution in [3.05, 3.63) is 118 Å². The van der Waals surface area contributed by atoms with Crippen molar-refractivity contribution in [2.75, 3.05) is 7.11 Å². The van der Waals surface area contributed by atoms with E-state index in [4.69, 9.17) is 4.74 Å². The molecule has 30 heavy (non-hydrogen) atoms. The highest BCUT2D eigenvalue weighted by molar-refractivity contribution is 5.77. The lowest BCUT2D eigenvalue weighted by Gasteiger charge is -2.17. The summed E-state index contributed by atoms with van der Waals surface area (Å²) in [5.41, 5.74) is 4.20. The van der Waals surface area contributed by atoms with Gasteiger partial charge in [-0.05, 0) is 17.2 Å². The van der Waals surface area contributed by atoms with Gasteiger partial charge in [-0.25, -0.2) is 4.98 Å². The lowest BCUT2D eigenvalue weighted by molar-refractivity contribution is 0.385. The molecule has 4 rings (SSSR count). The van der Waals surface area contributed by atoms with Gasteiger partial charge in [-0.2, -0.15) is 0 Å². The van der Waals surface area contributed by atoms with E-state index < -0.39 is 0 Å². The Morgan fingerprint density at radius 3 is 2.07 bits per heavy atom. The fraction of sp³-hybridized carbons (Fsp3) is 0.0769. The minimum Gasteiger partial charge on any atom is -0.477 e. The molecule has 0 aliphatic carbocycles. The molecule has 1 aromatic heterocycles. The van der Waals surface area contributed by atoms with E-state index in [1.54, 1.807) is 4.57 Å². The summed E-state index contributed by atoms with van der Waals surface area (Å²) in [5.74, 6) is 0.0818. The topological polar surface area (TPSA) is 44.1 Å². The molecule has 0 radical (unpaired) electrons. The van der Waals surface area contributed by atoms with E-state index in [1.165, 1.54) is 7.11 Å². The van der Waals surface area contributed by atoms with Crippen LogP contribution in [-0.4, -0.2) is 16.7 Å². The fourth-order valence-corrected chi connectivity index (χ4v) is 3.37. The van der Waals surface area contributed by atoms with Gasteiger partial charge in [0.25, 0.3) is 5.88 Å². The minimum absolute atomic E-state index is 0.0818. The van der Waals surface area contributed by atoms with Gasteiger partial charge in [-0.15, -0.1) is 0 Å². The van der Waals surface area contributed by atoms with Gasteiger partial charge in [0.2, 0.25) is 0 Å².